The average molecular weight is 253 g/mol. The molecule has 1 aromatic carbocycles. The topological polar surface area (TPSA) is 17.1 Å². The summed E-state index contributed by atoms with van der Waals surface area (Å²) in [6.07, 6.45) is 3.00. The first-order chi connectivity index (χ1) is 6.77. The van der Waals surface area contributed by atoms with E-state index in [2.05, 4.69) is 28.1 Å². The van der Waals surface area contributed by atoms with Gasteiger partial charge in [0.05, 0.1) is 4.83 Å². The van der Waals surface area contributed by atoms with Gasteiger partial charge in [0.2, 0.25) is 0 Å². The van der Waals surface area contributed by atoms with E-state index in [1.54, 1.807) is 0 Å². The minimum atomic E-state index is 0.0115. The lowest BCUT2D eigenvalue weighted by molar-refractivity contribution is -0.119. The number of halogens is 1. The molecule has 0 aromatic heterocycles. The predicted octanol–water partition coefficient (Wildman–Crippen LogP) is 2.97. The van der Waals surface area contributed by atoms with Crippen molar-refractivity contribution in [2.24, 2.45) is 5.92 Å². The van der Waals surface area contributed by atoms with Crippen LogP contribution in [0.15, 0.2) is 30.3 Å². The van der Waals surface area contributed by atoms with Crippen molar-refractivity contribution in [1.82, 2.24) is 0 Å². The van der Waals surface area contributed by atoms with Gasteiger partial charge in [-0.05, 0) is 24.8 Å². The Labute approximate surface area is 92.6 Å². The zero-order valence-corrected chi connectivity index (χ0v) is 9.53. The van der Waals surface area contributed by atoms with Crippen molar-refractivity contribution in [3.05, 3.63) is 35.9 Å². The van der Waals surface area contributed by atoms with Crippen LogP contribution in [0.5, 0.6) is 0 Å². The van der Waals surface area contributed by atoms with E-state index in [0.29, 0.717) is 11.7 Å². The van der Waals surface area contributed by atoms with Gasteiger partial charge in [-0.3, -0.25) is 4.79 Å². The zero-order chi connectivity index (χ0) is 9.97. The normalized spacial score (nSPS) is 17.8. The summed E-state index contributed by atoms with van der Waals surface area (Å²) in [7, 11) is 0. The number of hydrogen-bond acceptors (Lipinski definition) is 1. The van der Waals surface area contributed by atoms with Gasteiger partial charge in [-0.15, -0.1) is 0 Å². The van der Waals surface area contributed by atoms with E-state index in [1.165, 1.54) is 5.56 Å². The number of Topliss-reactive ketones (excluding diaryl/α,β-unsaturated/α-hetero) is 1. The average Bonchev–Trinajstić information content (AvgIpc) is 3.01. The standard InChI is InChI=1S/C12H13BrO/c13-11(12(14)10-6-7-10)8-9-4-2-1-3-5-9/h1-5,10-11H,6-8H2. The van der Waals surface area contributed by atoms with Crippen molar-refractivity contribution >= 4 is 21.7 Å². The van der Waals surface area contributed by atoms with E-state index >= 15 is 0 Å². The third-order valence-corrected chi connectivity index (χ3v) is 3.32. The minimum Gasteiger partial charge on any atom is -0.298 e. The van der Waals surface area contributed by atoms with Gasteiger partial charge in [0.25, 0.3) is 0 Å². The lowest BCUT2D eigenvalue weighted by Crippen LogP contribution is -2.18. The van der Waals surface area contributed by atoms with Gasteiger partial charge in [-0.2, -0.15) is 0 Å². The highest BCUT2D eigenvalue weighted by Crippen LogP contribution is 2.33. The molecule has 0 N–H and O–H groups in total. The quantitative estimate of drug-likeness (QED) is 0.754. The predicted molar refractivity (Wildman–Crippen MR) is 60.6 cm³/mol. The lowest BCUT2D eigenvalue weighted by Gasteiger charge is -2.07. The monoisotopic (exact) mass is 252 g/mol. The van der Waals surface area contributed by atoms with Crippen LogP contribution in [-0.4, -0.2) is 10.6 Å². The van der Waals surface area contributed by atoms with Crippen LogP contribution in [0.3, 0.4) is 0 Å². The number of carbonyl (C=O) groups is 1. The van der Waals surface area contributed by atoms with E-state index in [9.17, 15) is 4.79 Å². The van der Waals surface area contributed by atoms with E-state index in [4.69, 9.17) is 0 Å². The summed E-state index contributed by atoms with van der Waals surface area (Å²) in [5.41, 5.74) is 1.23. The SMILES string of the molecule is O=C(C(Br)Cc1ccccc1)C1CC1. The Morgan fingerprint density at radius 2 is 2.00 bits per heavy atom. The molecule has 2 rings (SSSR count). The van der Waals surface area contributed by atoms with Gasteiger partial charge in [0, 0.05) is 5.92 Å². The molecule has 0 aliphatic heterocycles. The maximum absolute atomic E-state index is 11.7. The number of benzene rings is 1. The highest BCUT2D eigenvalue weighted by atomic mass is 79.9. The molecule has 1 aliphatic rings. The first-order valence-corrected chi connectivity index (χ1v) is 5.90. The summed E-state index contributed by atoms with van der Waals surface area (Å²) in [6.45, 7) is 0. The van der Waals surface area contributed by atoms with Crippen LogP contribution in [0.4, 0.5) is 0 Å². The number of carbonyl (C=O) groups excluding carboxylic acids is 1. The Hall–Kier alpha value is -0.630. The highest BCUT2D eigenvalue weighted by Gasteiger charge is 2.33. The molecular weight excluding hydrogens is 240 g/mol. The first-order valence-electron chi connectivity index (χ1n) is 4.99. The molecule has 1 fully saturated rings. The summed E-state index contributed by atoms with van der Waals surface area (Å²) in [5.74, 6) is 0.733. The van der Waals surface area contributed by atoms with Gasteiger partial charge >= 0.3 is 0 Å². The van der Waals surface area contributed by atoms with Crippen LogP contribution in [0, 0.1) is 5.92 Å². The van der Waals surface area contributed by atoms with Crippen LogP contribution in [0.1, 0.15) is 18.4 Å². The summed E-state index contributed by atoms with van der Waals surface area (Å²) in [6, 6.07) is 10.1. The van der Waals surface area contributed by atoms with Gasteiger partial charge < -0.3 is 0 Å². The molecule has 0 bridgehead atoms. The molecule has 1 aromatic rings. The summed E-state index contributed by atoms with van der Waals surface area (Å²) < 4.78 is 0. The second-order valence-corrected chi connectivity index (χ2v) is 4.94. The van der Waals surface area contributed by atoms with Crippen LogP contribution >= 0.6 is 15.9 Å². The van der Waals surface area contributed by atoms with E-state index in [1.807, 2.05) is 18.2 Å². The molecule has 1 atom stereocenters. The van der Waals surface area contributed by atoms with Crippen LogP contribution in [0.2, 0.25) is 0 Å². The van der Waals surface area contributed by atoms with E-state index in [0.717, 1.165) is 19.3 Å². The fraction of sp³-hybridized carbons (Fsp3) is 0.417. The molecule has 0 saturated heterocycles. The molecule has 74 valence electrons. The Morgan fingerprint density at radius 3 is 2.57 bits per heavy atom. The van der Waals surface area contributed by atoms with Crippen molar-refractivity contribution in [2.45, 2.75) is 24.1 Å². The maximum atomic E-state index is 11.7. The summed E-state index contributed by atoms with van der Waals surface area (Å²) in [4.78, 5) is 11.7. The third-order valence-electron chi connectivity index (χ3n) is 2.55. The second-order valence-electron chi connectivity index (χ2n) is 3.83. The number of ketones is 1. The van der Waals surface area contributed by atoms with Crippen molar-refractivity contribution in [3.63, 3.8) is 0 Å². The fourth-order valence-corrected chi connectivity index (χ4v) is 2.29. The molecular formula is C12H13BrO. The summed E-state index contributed by atoms with van der Waals surface area (Å²) >= 11 is 3.47. The highest BCUT2D eigenvalue weighted by molar-refractivity contribution is 9.10. The summed E-state index contributed by atoms with van der Waals surface area (Å²) in [5, 5.41) is 0. The van der Waals surface area contributed by atoms with Crippen LogP contribution in [0.25, 0.3) is 0 Å². The number of alkyl halides is 1. The molecule has 1 nitrogen and oxygen atoms in total. The van der Waals surface area contributed by atoms with Crippen molar-refractivity contribution in [2.75, 3.05) is 0 Å². The van der Waals surface area contributed by atoms with E-state index < -0.39 is 0 Å². The van der Waals surface area contributed by atoms with E-state index in [-0.39, 0.29) is 4.83 Å². The Balaban J connectivity index is 1.93. The molecule has 1 saturated carbocycles. The molecule has 1 unspecified atom stereocenters. The van der Waals surface area contributed by atoms with Gasteiger partial charge in [-0.25, -0.2) is 0 Å². The van der Waals surface area contributed by atoms with Crippen molar-refractivity contribution in [1.29, 1.82) is 0 Å². The Morgan fingerprint density at radius 1 is 1.36 bits per heavy atom. The minimum absolute atomic E-state index is 0.0115. The molecule has 0 heterocycles. The molecule has 0 spiro atoms. The Kier molecular flexibility index (Phi) is 3.02. The Bertz CT molecular complexity index is 316. The first kappa shape index (κ1) is 9.91. The van der Waals surface area contributed by atoms with Crippen LogP contribution in [-0.2, 0) is 11.2 Å². The number of rotatable bonds is 4. The van der Waals surface area contributed by atoms with Crippen molar-refractivity contribution in [3.8, 4) is 0 Å². The second kappa shape index (κ2) is 4.26. The lowest BCUT2D eigenvalue weighted by atomic mass is 10.1. The van der Waals surface area contributed by atoms with Crippen LogP contribution < -0.4 is 0 Å². The van der Waals surface area contributed by atoms with Gasteiger partial charge in [0.1, 0.15) is 5.78 Å². The molecule has 14 heavy (non-hydrogen) atoms. The molecule has 2 heteroatoms. The largest absolute Gasteiger partial charge is 0.298 e. The van der Waals surface area contributed by atoms with Crippen molar-refractivity contribution < 1.29 is 4.79 Å². The fourth-order valence-electron chi connectivity index (χ4n) is 1.55. The zero-order valence-electron chi connectivity index (χ0n) is 7.95. The number of hydrogen-bond donors (Lipinski definition) is 0. The van der Waals surface area contributed by atoms with Gasteiger partial charge in [-0.1, -0.05) is 46.3 Å². The smallest absolute Gasteiger partial charge is 0.149 e. The molecule has 0 amide bonds. The third kappa shape index (κ3) is 2.44. The maximum Gasteiger partial charge on any atom is 0.149 e. The molecule has 0 radical (unpaired) electrons. The molecule has 1 aliphatic carbocycles. The van der Waals surface area contributed by atoms with Gasteiger partial charge in [0.15, 0.2) is 0 Å².